The van der Waals surface area contributed by atoms with Crippen LogP contribution < -0.4 is 21.2 Å². The van der Waals surface area contributed by atoms with Gasteiger partial charge in [-0.2, -0.15) is 5.26 Å². The normalized spacial score (nSPS) is 11.7. The Hall–Kier alpha value is -4.19. The van der Waals surface area contributed by atoms with Crippen LogP contribution in [0.2, 0.25) is 0 Å². The van der Waals surface area contributed by atoms with Gasteiger partial charge in [-0.05, 0) is 48.5 Å². The van der Waals surface area contributed by atoms with E-state index in [-0.39, 0.29) is 5.31 Å². The predicted octanol–water partition coefficient (Wildman–Crippen LogP) is 4.66. The second kappa shape index (κ2) is 9.96. The largest absolute Gasteiger partial charge is 0.491 e. The summed E-state index contributed by atoms with van der Waals surface area (Å²) in [6.45, 7) is 0. The fraction of sp³-hybridized carbons (Fsp3) is 0. The van der Waals surface area contributed by atoms with Crippen molar-refractivity contribution in [1.82, 2.24) is 5.32 Å². The van der Waals surface area contributed by atoms with Gasteiger partial charge in [-0.15, -0.1) is 0 Å². The van der Waals surface area contributed by atoms with Crippen LogP contribution in [0.25, 0.3) is 0 Å². The highest BCUT2D eigenvalue weighted by Gasteiger charge is 2.52. The second-order valence-electron chi connectivity index (χ2n) is 7.31. The summed E-state index contributed by atoms with van der Waals surface area (Å²) in [6, 6.07) is 40.0. The van der Waals surface area contributed by atoms with Gasteiger partial charge in [0.05, 0.1) is 0 Å². The molecule has 0 aliphatic heterocycles. The number of nitriles is 1. The van der Waals surface area contributed by atoms with Crippen LogP contribution in [0.4, 0.5) is 0 Å². The summed E-state index contributed by atoms with van der Waals surface area (Å²) in [7, 11) is -2.81. The molecule has 5 heteroatoms. The number of aliphatic hydroxyl groups excluding tert-OH is 1. The lowest BCUT2D eigenvalue weighted by molar-refractivity contribution is 0.0946. The van der Waals surface area contributed by atoms with Crippen molar-refractivity contribution in [3.8, 4) is 6.07 Å². The van der Waals surface area contributed by atoms with Gasteiger partial charge in [0, 0.05) is 5.56 Å². The smallest absolute Gasteiger partial charge is 0.258 e. The molecule has 0 unspecified atom stereocenters. The quantitative estimate of drug-likeness (QED) is 0.255. The Morgan fingerprint density at radius 3 is 1.39 bits per heavy atom. The summed E-state index contributed by atoms with van der Waals surface area (Å²) in [4.78, 5) is 12.8. The third-order valence-corrected chi connectivity index (χ3v) is 9.56. The lowest BCUT2D eigenvalue weighted by Crippen LogP contribution is -2.34. The second-order valence-corrected chi connectivity index (χ2v) is 10.6. The first-order valence-corrected chi connectivity index (χ1v) is 12.2. The third kappa shape index (κ3) is 4.28. The molecular formula is C28H22N2O2P+. The van der Waals surface area contributed by atoms with E-state index >= 15 is 0 Å². The molecule has 4 aromatic rings. The molecule has 0 aliphatic rings. The summed E-state index contributed by atoms with van der Waals surface area (Å²) < 4.78 is 0. The molecule has 2 N–H and O–H groups in total. The molecule has 1 amide bonds. The van der Waals surface area contributed by atoms with Crippen LogP contribution in [-0.2, 0) is 0 Å². The number of amides is 1. The first-order valence-electron chi connectivity index (χ1n) is 10.4. The van der Waals surface area contributed by atoms with Gasteiger partial charge in [0.2, 0.25) is 11.2 Å². The fourth-order valence-electron chi connectivity index (χ4n) is 3.90. The van der Waals surface area contributed by atoms with Gasteiger partial charge in [-0.1, -0.05) is 72.8 Å². The van der Waals surface area contributed by atoms with E-state index in [9.17, 15) is 15.2 Å². The molecule has 4 aromatic carbocycles. The molecule has 0 radical (unpaired) electrons. The van der Waals surface area contributed by atoms with Crippen molar-refractivity contribution in [2.75, 3.05) is 0 Å². The van der Waals surface area contributed by atoms with Crippen LogP contribution in [0.15, 0.2) is 133 Å². The molecular weight excluding hydrogens is 427 g/mol. The maximum atomic E-state index is 12.8. The average Bonchev–Trinajstić information content (AvgIpc) is 2.89. The zero-order chi connectivity index (χ0) is 23.1. The van der Waals surface area contributed by atoms with Crippen molar-refractivity contribution in [2.45, 2.75) is 0 Å². The third-order valence-electron chi connectivity index (χ3n) is 5.36. The number of aliphatic hydroxyl groups is 1. The van der Waals surface area contributed by atoms with Crippen molar-refractivity contribution < 1.29 is 9.90 Å². The molecule has 0 heterocycles. The number of nitrogens with zero attached hydrogens (tertiary/aromatic N) is 1. The Morgan fingerprint density at radius 2 is 1.03 bits per heavy atom. The Kier molecular flexibility index (Phi) is 6.64. The van der Waals surface area contributed by atoms with E-state index in [0.29, 0.717) is 5.56 Å². The van der Waals surface area contributed by atoms with Crippen LogP contribution in [0, 0.1) is 11.3 Å². The molecule has 0 saturated heterocycles. The maximum absolute atomic E-state index is 12.8. The SMILES string of the molecule is N#C/C(=C(/O)NC(=O)c1ccccc1)[P+](c1ccccc1)(c1ccccc1)c1ccccc1. The summed E-state index contributed by atoms with van der Waals surface area (Å²) in [5.74, 6) is -0.913. The molecule has 0 atom stereocenters. The van der Waals surface area contributed by atoms with Crippen LogP contribution in [0.1, 0.15) is 10.4 Å². The summed E-state index contributed by atoms with van der Waals surface area (Å²) >= 11 is 0. The van der Waals surface area contributed by atoms with E-state index in [1.54, 1.807) is 24.3 Å². The molecule has 33 heavy (non-hydrogen) atoms. The molecule has 4 rings (SSSR count). The van der Waals surface area contributed by atoms with Gasteiger partial charge in [0.15, 0.2) is 7.26 Å². The van der Waals surface area contributed by atoms with Crippen LogP contribution >= 0.6 is 7.26 Å². The van der Waals surface area contributed by atoms with Crippen molar-refractivity contribution in [3.63, 3.8) is 0 Å². The summed E-state index contributed by atoms with van der Waals surface area (Å²) in [5, 5.41) is 27.0. The van der Waals surface area contributed by atoms with Gasteiger partial charge < -0.3 is 5.11 Å². The number of hydrogen-bond donors (Lipinski definition) is 2. The van der Waals surface area contributed by atoms with Crippen LogP contribution in [-0.4, -0.2) is 11.0 Å². The molecule has 0 fully saturated rings. The van der Waals surface area contributed by atoms with Gasteiger partial charge in [-0.25, -0.2) is 0 Å². The van der Waals surface area contributed by atoms with Crippen molar-refractivity contribution in [1.29, 1.82) is 5.26 Å². The maximum Gasteiger partial charge on any atom is 0.258 e. The number of benzene rings is 4. The van der Waals surface area contributed by atoms with E-state index in [1.165, 1.54) is 0 Å². The van der Waals surface area contributed by atoms with E-state index in [4.69, 9.17) is 0 Å². The Balaban J connectivity index is 2.00. The first kappa shape index (κ1) is 22.0. The molecule has 0 bridgehead atoms. The highest BCUT2D eigenvalue weighted by atomic mass is 31.2. The highest BCUT2D eigenvalue weighted by molar-refractivity contribution is 7.99. The van der Waals surface area contributed by atoms with E-state index < -0.39 is 19.1 Å². The van der Waals surface area contributed by atoms with Crippen LogP contribution in [0.3, 0.4) is 0 Å². The van der Waals surface area contributed by atoms with Crippen molar-refractivity contribution in [2.24, 2.45) is 0 Å². The zero-order valence-electron chi connectivity index (χ0n) is 17.8. The van der Waals surface area contributed by atoms with Gasteiger partial charge in [-0.3, -0.25) is 10.1 Å². The number of carbonyl (C=O) groups excluding carboxylic acids is 1. The standard InChI is InChI=1S/C28H21N2O2P/c29-21-26(28(32)30-27(31)22-13-5-1-6-14-22)33(23-15-7-2-8-16-23,24-17-9-3-10-18-24)25-19-11-4-12-20-25/h1-20H,(H-,30,31,32)/p+1/b28-26-. The zero-order valence-corrected chi connectivity index (χ0v) is 18.7. The minimum Gasteiger partial charge on any atom is -0.491 e. The topological polar surface area (TPSA) is 73.1 Å². The van der Waals surface area contributed by atoms with Gasteiger partial charge >= 0.3 is 0 Å². The monoisotopic (exact) mass is 449 g/mol. The lowest BCUT2D eigenvalue weighted by atomic mass is 10.2. The van der Waals surface area contributed by atoms with Crippen LogP contribution in [0.5, 0.6) is 0 Å². The lowest BCUT2D eigenvalue weighted by Gasteiger charge is -2.26. The number of hydrogen-bond acceptors (Lipinski definition) is 3. The minimum absolute atomic E-state index is 0.135. The summed E-state index contributed by atoms with van der Waals surface area (Å²) in [6.07, 6.45) is 0. The molecule has 4 nitrogen and oxygen atoms in total. The number of carbonyl (C=O) groups is 1. The number of rotatable bonds is 6. The Bertz CT molecular complexity index is 1200. The Morgan fingerprint density at radius 1 is 0.667 bits per heavy atom. The number of allylic oxidation sites excluding steroid dienone is 1. The summed E-state index contributed by atoms with van der Waals surface area (Å²) in [5.41, 5.74) is 0.393. The molecule has 0 saturated carbocycles. The van der Waals surface area contributed by atoms with E-state index in [0.717, 1.165) is 15.9 Å². The number of nitrogens with one attached hydrogen (secondary N) is 1. The van der Waals surface area contributed by atoms with E-state index in [2.05, 4.69) is 11.4 Å². The van der Waals surface area contributed by atoms with Gasteiger partial charge in [0.1, 0.15) is 22.0 Å². The van der Waals surface area contributed by atoms with E-state index in [1.807, 2.05) is 97.1 Å². The molecule has 0 spiro atoms. The highest BCUT2D eigenvalue weighted by Crippen LogP contribution is 2.62. The Labute approximate surface area is 193 Å². The molecule has 0 aromatic heterocycles. The fourth-order valence-corrected chi connectivity index (χ4v) is 7.96. The molecule has 160 valence electrons. The van der Waals surface area contributed by atoms with Crippen molar-refractivity contribution in [3.05, 3.63) is 138 Å². The van der Waals surface area contributed by atoms with Crippen molar-refractivity contribution >= 4 is 29.1 Å². The van der Waals surface area contributed by atoms with Gasteiger partial charge in [0.25, 0.3) is 5.91 Å². The first-order chi connectivity index (χ1) is 16.2. The average molecular weight is 449 g/mol. The minimum atomic E-state index is -2.81. The predicted molar refractivity (Wildman–Crippen MR) is 134 cm³/mol. The molecule has 0 aliphatic carbocycles.